The summed E-state index contributed by atoms with van der Waals surface area (Å²) in [6.45, 7) is 2.05. The molecular weight excluding hydrogens is 424 g/mol. The first-order chi connectivity index (χ1) is 14.9. The number of thioether (sulfide) groups is 1. The van der Waals surface area contributed by atoms with Crippen LogP contribution < -0.4 is 15.8 Å². The third kappa shape index (κ3) is 5.47. The third-order valence-corrected chi connectivity index (χ3v) is 5.97. The van der Waals surface area contributed by atoms with Gasteiger partial charge in [-0.05, 0) is 19.8 Å². The highest BCUT2D eigenvalue weighted by molar-refractivity contribution is 7.98. The fraction of sp³-hybridized carbons (Fsp3) is 0.500. The molecule has 4 N–H and O–H groups in total. The van der Waals surface area contributed by atoms with E-state index < -0.39 is 12.0 Å². The lowest BCUT2D eigenvalue weighted by Crippen LogP contribution is -2.30. The molecule has 0 fully saturated rings. The molecule has 1 aromatic carbocycles. The lowest BCUT2D eigenvalue weighted by Gasteiger charge is -2.19. The van der Waals surface area contributed by atoms with E-state index in [-0.39, 0.29) is 37.1 Å². The molecule has 0 unspecified atom stereocenters. The quantitative estimate of drug-likeness (QED) is 0.592. The molecule has 2 heterocycles. The average Bonchev–Trinajstić information content (AvgIpc) is 3.23. The van der Waals surface area contributed by atoms with Crippen LogP contribution in [-0.2, 0) is 21.8 Å². The Hall–Kier alpha value is -2.79. The van der Waals surface area contributed by atoms with Crippen molar-refractivity contribution in [1.82, 2.24) is 15.5 Å². The van der Waals surface area contributed by atoms with Gasteiger partial charge in [-0.15, -0.1) is 0 Å². The van der Waals surface area contributed by atoms with Crippen LogP contribution in [0.25, 0.3) is 0 Å². The van der Waals surface area contributed by atoms with E-state index in [0.717, 1.165) is 0 Å². The van der Waals surface area contributed by atoms with Crippen molar-refractivity contribution in [3.8, 4) is 11.5 Å². The fourth-order valence-corrected chi connectivity index (χ4v) is 4.34. The Labute approximate surface area is 183 Å². The van der Waals surface area contributed by atoms with Crippen molar-refractivity contribution < 1.29 is 28.7 Å². The second-order valence-corrected chi connectivity index (χ2v) is 8.09. The van der Waals surface area contributed by atoms with E-state index in [0.29, 0.717) is 52.6 Å². The number of esters is 1. The van der Waals surface area contributed by atoms with E-state index in [9.17, 15) is 14.7 Å². The SMILES string of the molecule is COc1cc(O)c2c(c1C)C(=O)OCCCCC(=O)N[C@H](c1nc(CN)no1)CSC2. The summed E-state index contributed by atoms with van der Waals surface area (Å²) in [6, 6.07) is 0.959. The predicted molar refractivity (Wildman–Crippen MR) is 113 cm³/mol. The summed E-state index contributed by atoms with van der Waals surface area (Å²) >= 11 is 1.40. The number of hydrogen-bond acceptors (Lipinski definition) is 10. The summed E-state index contributed by atoms with van der Waals surface area (Å²) in [5, 5.41) is 17.3. The molecule has 0 aliphatic carbocycles. The highest BCUT2D eigenvalue weighted by Crippen LogP contribution is 2.36. The average molecular weight is 451 g/mol. The van der Waals surface area contributed by atoms with Crippen LogP contribution in [-0.4, -0.2) is 46.6 Å². The van der Waals surface area contributed by atoms with Crippen molar-refractivity contribution >= 4 is 23.6 Å². The minimum atomic E-state index is -0.523. The van der Waals surface area contributed by atoms with Crippen molar-refractivity contribution in [2.24, 2.45) is 5.73 Å². The van der Waals surface area contributed by atoms with Gasteiger partial charge in [-0.3, -0.25) is 4.79 Å². The number of rotatable bonds is 3. The predicted octanol–water partition coefficient (Wildman–Crippen LogP) is 1.98. The van der Waals surface area contributed by atoms with Gasteiger partial charge in [0.2, 0.25) is 11.8 Å². The van der Waals surface area contributed by atoms with Crippen LogP contribution in [0.1, 0.15) is 58.5 Å². The first-order valence-electron chi connectivity index (χ1n) is 9.90. The minimum Gasteiger partial charge on any atom is -0.507 e. The molecule has 10 nitrogen and oxygen atoms in total. The number of fused-ring (bicyclic) bond motifs is 1. The van der Waals surface area contributed by atoms with Crippen molar-refractivity contribution in [3.63, 3.8) is 0 Å². The van der Waals surface area contributed by atoms with Gasteiger partial charge >= 0.3 is 5.97 Å². The number of phenols is 1. The molecule has 1 amide bonds. The number of aromatic nitrogens is 2. The highest BCUT2D eigenvalue weighted by Gasteiger charge is 2.25. The van der Waals surface area contributed by atoms with Crippen LogP contribution in [0.5, 0.6) is 11.5 Å². The Morgan fingerprint density at radius 2 is 2.19 bits per heavy atom. The summed E-state index contributed by atoms with van der Waals surface area (Å²) < 4.78 is 15.9. The number of amides is 1. The standard InChI is InChI=1S/C20H26N4O6S/c1-11-15(28-2)7-14(25)12-9-31-10-13(19-23-16(8-21)24-30-19)22-17(26)5-3-4-6-29-20(27)18(11)12/h7,13,25H,3-6,8-10,21H2,1-2H3,(H,22,26)/t13-/m0/s1. The summed E-state index contributed by atoms with van der Waals surface area (Å²) in [6.07, 6.45) is 1.35. The number of nitrogens with one attached hydrogen (secondary N) is 1. The molecule has 31 heavy (non-hydrogen) atoms. The molecular formula is C20H26N4O6S. The zero-order valence-electron chi connectivity index (χ0n) is 17.5. The Bertz CT molecular complexity index is 948. The lowest BCUT2D eigenvalue weighted by molar-refractivity contribution is -0.122. The summed E-state index contributed by atoms with van der Waals surface area (Å²) in [7, 11) is 1.48. The zero-order chi connectivity index (χ0) is 22.4. The van der Waals surface area contributed by atoms with E-state index in [1.807, 2.05) is 0 Å². The number of ether oxygens (including phenoxy) is 2. The fourth-order valence-electron chi connectivity index (χ4n) is 3.27. The number of benzene rings is 1. The molecule has 1 aliphatic rings. The van der Waals surface area contributed by atoms with Crippen molar-refractivity contribution in [3.05, 3.63) is 34.5 Å². The number of hydrogen-bond donors (Lipinski definition) is 3. The van der Waals surface area contributed by atoms with Gasteiger partial charge in [-0.1, -0.05) is 5.16 Å². The number of carbonyl (C=O) groups excluding carboxylic acids is 2. The van der Waals surface area contributed by atoms with E-state index in [4.69, 9.17) is 19.7 Å². The topological polar surface area (TPSA) is 150 Å². The van der Waals surface area contributed by atoms with Crippen molar-refractivity contribution in [1.29, 1.82) is 0 Å². The first-order valence-corrected chi connectivity index (χ1v) is 11.1. The summed E-state index contributed by atoms with van der Waals surface area (Å²) in [5.74, 6) is 0.963. The van der Waals surface area contributed by atoms with E-state index >= 15 is 0 Å². The number of nitrogens with two attached hydrogens (primary N) is 1. The maximum Gasteiger partial charge on any atom is 0.338 e. The Morgan fingerprint density at radius 3 is 2.90 bits per heavy atom. The summed E-state index contributed by atoms with van der Waals surface area (Å²) in [5.41, 5.74) is 6.90. The van der Waals surface area contributed by atoms with Gasteiger partial charge in [-0.25, -0.2) is 4.79 Å². The van der Waals surface area contributed by atoms with Crippen LogP contribution in [0, 0.1) is 6.92 Å². The Balaban J connectivity index is 1.91. The molecule has 0 saturated heterocycles. The second-order valence-electron chi connectivity index (χ2n) is 7.06. The van der Waals surface area contributed by atoms with Gasteiger partial charge in [-0.2, -0.15) is 16.7 Å². The maximum atomic E-state index is 12.8. The number of phenolic OH excluding ortho intramolecular Hbond substituents is 1. The van der Waals surface area contributed by atoms with Crippen LogP contribution in [0.15, 0.2) is 10.6 Å². The molecule has 11 heteroatoms. The number of nitrogens with zero attached hydrogens (tertiary/aromatic N) is 2. The van der Waals surface area contributed by atoms with Gasteiger partial charge in [0.25, 0.3) is 0 Å². The molecule has 1 atom stereocenters. The smallest absolute Gasteiger partial charge is 0.338 e. The second kappa shape index (κ2) is 10.5. The zero-order valence-corrected chi connectivity index (χ0v) is 18.3. The number of cyclic esters (lactones) is 1. The normalized spacial score (nSPS) is 18.5. The van der Waals surface area contributed by atoms with Gasteiger partial charge in [0.15, 0.2) is 5.82 Å². The third-order valence-electron chi connectivity index (χ3n) is 4.91. The molecule has 0 spiro atoms. The van der Waals surface area contributed by atoms with Gasteiger partial charge in [0, 0.05) is 35.1 Å². The van der Waals surface area contributed by atoms with E-state index in [2.05, 4.69) is 15.5 Å². The number of methoxy groups -OCH3 is 1. The molecule has 1 aromatic heterocycles. The molecule has 2 aromatic rings. The summed E-state index contributed by atoms with van der Waals surface area (Å²) in [4.78, 5) is 29.4. The molecule has 0 bridgehead atoms. The number of carbonyl (C=O) groups is 2. The largest absolute Gasteiger partial charge is 0.507 e. The molecule has 0 radical (unpaired) electrons. The molecule has 168 valence electrons. The van der Waals surface area contributed by atoms with Crippen molar-refractivity contribution in [2.75, 3.05) is 19.5 Å². The molecule has 1 aliphatic heterocycles. The molecule has 3 rings (SSSR count). The Kier molecular flexibility index (Phi) is 7.75. The highest BCUT2D eigenvalue weighted by atomic mass is 32.2. The van der Waals surface area contributed by atoms with Crippen LogP contribution in [0.3, 0.4) is 0 Å². The van der Waals surface area contributed by atoms with Gasteiger partial charge in [0.1, 0.15) is 17.5 Å². The minimum absolute atomic E-state index is 0.0576. The Morgan fingerprint density at radius 1 is 1.39 bits per heavy atom. The van der Waals surface area contributed by atoms with Crippen LogP contribution in [0.2, 0.25) is 0 Å². The lowest BCUT2D eigenvalue weighted by atomic mass is 10.0. The number of aromatic hydroxyl groups is 1. The van der Waals surface area contributed by atoms with Gasteiger partial charge < -0.3 is 30.2 Å². The monoisotopic (exact) mass is 450 g/mol. The first kappa shape index (κ1) is 22.9. The molecule has 0 saturated carbocycles. The maximum absolute atomic E-state index is 12.8. The van der Waals surface area contributed by atoms with Crippen LogP contribution in [0.4, 0.5) is 0 Å². The van der Waals surface area contributed by atoms with E-state index in [1.54, 1.807) is 6.92 Å². The van der Waals surface area contributed by atoms with Gasteiger partial charge in [0.05, 0.1) is 25.8 Å². The van der Waals surface area contributed by atoms with E-state index in [1.165, 1.54) is 24.9 Å². The van der Waals surface area contributed by atoms with Crippen molar-refractivity contribution in [2.45, 2.75) is 44.5 Å². The van der Waals surface area contributed by atoms with Crippen LogP contribution >= 0.6 is 11.8 Å².